The molecule has 1 aliphatic heterocycles. The Balaban J connectivity index is 1.51. The third-order valence-corrected chi connectivity index (χ3v) is 5.09. The van der Waals surface area contributed by atoms with Crippen molar-refractivity contribution in [1.82, 2.24) is 24.6 Å². The first-order valence-electron chi connectivity index (χ1n) is 9.48. The number of anilines is 1. The van der Waals surface area contributed by atoms with Crippen LogP contribution in [0.15, 0.2) is 18.3 Å². The van der Waals surface area contributed by atoms with Crippen LogP contribution >= 0.6 is 0 Å². The number of rotatable bonds is 5. The molecule has 1 aliphatic carbocycles. The summed E-state index contributed by atoms with van der Waals surface area (Å²) >= 11 is 0. The maximum Gasteiger partial charge on any atom is 0.407 e. The first kappa shape index (κ1) is 19.3. The SMILES string of the molecule is Cc1ccn(-c2nc(NC3CCC(F)(F)CC3)cc(OC3CN(C(=O)O)C3)n2)n1. The van der Waals surface area contributed by atoms with Crippen molar-refractivity contribution < 1.29 is 23.4 Å². The number of ether oxygens (including phenoxy) is 1. The molecule has 1 saturated carbocycles. The highest BCUT2D eigenvalue weighted by molar-refractivity contribution is 5.66. The third-order valence-electron chi connectivity index (χ3n) is 5.09. The van der Waals surface area contributed by atoms with Gasteiger partial charge < -0.3 is 20.1 Å². The maximum atomic E-state index is 13.4. The summed E-state index contributed by atoms with van der Waals surface area (Å²) < 4.78 is 34.1. The average molecular weight is 408 g/mol. The van der Waals surface area contributed by atoms with E-state index in [-0.39, 0.29) is 49.9 Å². The number of carbonyl (C=O) groups is 1. The van der Waals surface area contributed by atoms with Gasteiger partial charge in [-0.15, -0.1) is 0 Å². The Kier molecular flexibility index (Phi) is 4.97. The minimum Gasteiger partial charge on any atom is -0.470 e. The number of likely N-dealkylation sites (tertiary alicyclic amines) is 1. The fraction of sp³-hybridized carbons (Fsp3) is 0.556. The first-order valence-corrected chi connectivity index (χ1v) is 9.48. The molecule has 2 aliphatic rings. The molecule has 4 rings (SSSR count). The molecule has 1 saturated heterocycles. The van der Waals surface area contributed by atoms with Crippen LogP contribution in [0.4, 0.5) is 19.4 Å². The monoisotopic (exact) mass is 408 g/mol. The van der Waals surface area contributed by atoms with E-state index in [1.54, 1.807) is 12.3 Å². The zero-order chi connectivity index (χ0) is 20.6. The molecule has 0 radical (unpaired) electrons. The van der Waals surface area contributed by atoms with E-state index in [2.05, 4.69) is 20.4 Å². The normalized spacial score (nSPS) is 19.6. The summed E-state index contributed by atoms with van der Waals surface area (Å²) in [5.41, 5.74) is 0.792. The third kappa shape index (κ3) is 4.54. The second kappa shape index (κ2) is 7.45. The Bertz CT molecular complexity index is 889. The molecule has 0 aromatic carbocycles. The van der Waals surface area contributed by atoms with E-state index in [0.29, 0.717) is 18.7 Å². The molecule has 1 amide bonds. The van der Waals surface area contributed by atoms with Crippen LogP contribution in [0.3, 0.4) is 0 Å². The standard InChI is InChI=1S/C18H22F2N6O3/c1-11-4-7-26(24-11)16-22-14(21-12-2-5-18(19,20)6-3-12)8-15(23-16)29-13-9-25(10-13)17(27)28/h4,7-8,12-13H,2-3,5-6,9-10H2,1H3,(H,27,28)(H,21,22,23). The Morgan fingerprint density at radius 1 is 1.31 bits per heavy atom. The molecule has 29 heavy (non-hydrogen) atoms. The molecule has 2 N–H and O–H groups in total. The van der Waals surface area contributed by atoms with E-state index < -0.39 is 12.0 Å². The summed E-state index contributed by atoms with van der Waals surface area (Å²) in [6, 6.07) is 3.30. The van der Waals surface area contributed by atoms with Crippen LogP contribution in [0.5, 0.6) is 5.88 Å². The van der Waals surface area contributed by atoms with Crippen molar-refractivity contribution >= 4 is 11.9 Å². The number of nitrogens with zero attached hydrogens (tertiary/aromatic N) is 5. The highest BCUT2D eigenvalue weighted by atomic mass is 19.3. The highest BCUT2D eigenvalue weighted by Gasteiger charge is 2.35. The fourth-order valence-corrected chi connectivity index (χ4v) is 3.41. The molecular formula is C18H22F2N6O3. The minimum atomic E-state index is -2.60. The first-order chi connectivity index (χ1) is 13.8. The molecule has 2 aromatic rings. The lowest BCUT2D eigenvalue weighted by Crippen LogP contribution is -2.55. The van der Waals surface area contributed by atoms with Gasteiger partial charge in [-0.1, -0.05) is 0 Å². The molecule has 11 heteroatoms. The molecule has 0 bridgehead atoms. The zero-order valence-corrected chi connectivity index (χ0v) is 15.9. The van der Waals surface area contributed by atoms with Crippen LogP contribution in [0.25, 0.3) is 5.95 Å². The smallest absolute Gasteiger partial charge is 0.407 e. The Morgan fingerprint density at radius 2 is 2.03 bits per heavy atom. The molecule has 156 valence electrons. The fourth-order valence-electron chi connectivity index (χ4n) is 3.41. The van der Waals surface area contributed by atoms with Gasteiger partial charge in [0.05, 0.1) is 18.8 Å². The van der Waals surface area contributed by atoms with Gasteiger partial charge >= 0.3 is 6.09 Å². The number of alkyl halides is 2. The largest absolute Gasteiger partial charge is 0.470 e. The lowest BCUT2D eigenvalue weighted by Gasteiger charge is -2.36. The molecule has 0 spiro atoms. The van der Waals surface area contributed by atoms with Gasteiger partial charge in [0, 0.05) is 31.1 Å². The number of amides is 1. The van der Waals surface area contributed by atoms with Gasteiger partial charge in [-0.25, -0.2) is 18.3 Å². The molecule has 2 fully saturated rings. The van der Waals surface area contributed by atoms with E-state index in [0.717, 1.165) is 5.69 Å². The van der Waals surface area contributed by atoms with Gasteiger partial charge in [-0.05, 0) is 25.8 Å². The maximum absolute atomic E-state index is 13.4. The van der Waals surface area contributed by atoms with Crippen LogP contribution in [-0.2, 0) is 0 Å². The Labute approximate surface area is 165 Å². The second-order valence-electron chi connectivity index (χ2n) is 7.50. The number of aryl methyl sites for hydroxylation is 1. The number of aromatic nitrogens is 4. The van der Waals surface area contributed by atoms with E-state index in [1.165, 1.54) is 9.58 Å². The number of halogens is 2. The van der Waals surface area contributed by atoms with E-state index in [1.807, 2.05) is 13.0 Å². The van der Waals surface area contributed by atoms with Gasteiger partial charge in [-0.3, -0.25) is 0 Å². The van der Waals surface area contributed by atoms with Crippen molar-refractivity contribution in [2.24, 2.45) is 0 Å². The molecule has 2 aromatic heterocycles. The summed E-state index contributed by atoms with van der Waals surface area (Å²) in [6.07, 6.45) is 0.814. The molecular weight excluding hydrogens is 386 g/mol. The van der Waals surface area contributed by atoms with Crippen molar-refractivity contribution in [2.45, 2.75) is 50.7 Å². The molecule has 3 heterocycles. The van der Waals surface area contributed by atoms with Crippen molar-refractivity contribution in [3.8, 4) is 11.8 Å². The van der Waals surface area contributed by atoms with E-state index >= 15 is 0 Å². The number of hydrogen-bond acceptors (Lipinski definition) is 6. The lowest BCUT2D eigenvalue weighted by molar-refractivity contribution is -0.0361. The van der Waals surface area contributed by atoms with Crippen LogP contribution in [0.1, 0.15) is 31.4 Å². The molecule has 0 atom stereocenters. The quantitative estimate of drug-likeness (QED) is 0.784. The topological polar surface area (TPSA) is 105 Å². The summed E-state index contributed by atoms with van der Waals surface area (Å²) in [6.45, 7) is 2.36. The zero-order valence-electron chi connectivity index (χ0n) is 15.9. The van der Waals surface area contributed by atoms with Crippen LogP contribution in [0, 0.1) is 6.92 Å². The molecule has 0 unspecified atom stereocenters. The van der Waals surface area contributed by atoms with E-state index in [4.69, 9.17) is 9.84 Å². The Morgan fingerprint density at radius 3 is 2.66 bits per heavy atom. The van der Waals surface area contributed by atoms with Crippen LogP contribution in [0.2, 0.25) is 0 Å². The summed E-state index contributed by atoms with van der Waals surface area (Å²) in [4.78, 5) is 21.0. The molecule has 9 nitrogen and oxygen atoms in total. The van der Waals surface area contributed by atoms with E-state index in [9.17, 15) is 13.6 Å². The van der Waals surface area contributed by atoms with Crippen LogP contribution < -0.4 is 10.1 Å². The van der Waals surface area contributed by atoms with Crippen molar-refractivity contribution in [3.63, 3.8) is 0 Å². The van der Waals surface area contributed by atoms with Gasteiger partial charge in [-0.2, -0.15) is 15.1 Å². The summed E-state index contributed by atoms with van der Waals surface area (Å²) in [5, 5.41) is 16.4. The predicted octanol–water partition coefficient (Wildman–Crippen LogP) is 2.70. The van der Waals surface area contributed by atoms with Gasteiger partial charge in [0.2, 0.25) is 11.8 Å². The highest BCUT2D eigenvalue weighted by Crippen LogP contribution is 2.34. The van der Waals surface area contributed by atoms with Gasteiger partial charge in [0.1, 0.15) is 11.9 Å². The lowest BCUT2D eigenvalue weighted by atomic mass is 9.92. The number of carboxylic acid groups (broad SMARTS) is 1. The van der Waals surface area contributed by atoms with Gasteiger partial charge in [0.15, 0.2) is 0 Å². The van der Waals surface area contributed by atoms with Crippen molar-refractivity contribution in [3.05, 3.63) is 24.0 Å². The summed E-state index contributed by atoms with van der Waals surface area (Å²) in [5.74, 6) is -1.57. The minimum absolute atomic E-state index is 0.115. The van der Waals surface area contributed by atoms with Gasteiger partial charge in [0.25, 0.3) is 5.95 Å². The average Bonchev–Trinajstić information content (AvgIpc) is 3.06. The second-order valence-corrected chi connectivity index (χ2v) is 7.50. The predicted molar refractivity (Wildman–Crippen MR) is 98.7 cm³/mol. The van der Waals surface area contributed by atoms with Crippen molar-refractivity contribution in [2.75, 3.05) is 18.4 Å². The van der Waals surface area contributed by atoms with Crippen molar-refractivity contribution in [1.29, 1.82) is 0 Å². The van der Waals surface area contributed by atoms with Crippen LogP contribution in [-0.4, -0.2) is 67.0 Å². The number of nitrogens with one attached hydrogen (secondary N) is 1. The summed E-state index contributed by atoms with van der Waals surface area (Å²) in [7, 11) is 0. The Hall–Kier alpha value is -2.98. The number of hydrogen-bond donors (Lipinski definition) is 2.